The van der Waals surface area contributed by atoms with E-state index in [1.165, 1.54) is 4.90 Å². The van der Waals surface area contributed by atoms with Crippen LogP contribution in [0.2, 0.25) is 10.0 Å². The summed E-state index contributed by atoms with van der Waals surface area (Å²) in [7, 11) is 1.56. The number of nitrogens with one attached hydrogen (secondary N) is 1. The van der Waals surface area contributed by atoms with E-state index in [2.05, 4.69) is 5.32 Å². The average molecular weight is 499 g/mol. The molecule has 0 spiro atoms. The van der Waals surface area contributed by atoms with Gasteiger partial charge in [-0.25, -0.2) is 0 Å². The van der Waals surface area contributed by atoms with E-state index >= 15 is 0 Å². The number of hydrogen-bond acceptors (Lipinski definition) is 3. The highest BCUT2D eigenvalue weighted by Crippen LogP contribution is 2.25. The Hall–Kier alpha value is -3.02. The molecular weight excluding hydrogens is 471 g/mol. The molecule has 0 bridgehead atoms. The van der Waals surface area contributed by atoms with Crippen LogP contribution in [0.5, 0.6) is 5.75 Å². The number of hydrogen-bond donors (Lipinski definition) is 1. The van der Waals surface area contributed by atoms with Crippen LogP contribution in [-0.4, -0.2) is 36.4 Å². The lowest BCUT2D eigenvalue weighted by atomic mass is 10.0. The number of carbonyl (C=O) groups is 2. The van der Waals surface area contributed by atoms with Crippen molar-refractivity contribution in [3.05, 3.63) is 99.0 Å². The van der Waals surface area contributed by atoms with Crippen LogP contribution >= 0.6 is 23.2 Å². The zero-order chi connectivity index (χ0) is 24.7. The van der Waals surface area contributed by atoms with Gasteiger partial charge in [-0.1, -0.05) is 71.7 Å². The van der Waals surface area contributed by atoms with Crippen molar-refractivity contribution in [3.8, 4) is 5.75 Å². The summed E-state index contributed by atoms with van der Waals surface area (Å²) in [6.07, 6.45) is 0.358. The molecule has 3 aromatic carbocycles. The zero-order valence-electron chi connectivity index (χ0n) is 19.5. The van der Waals surface area contributed by atoms with Crippen LogP contribution in [0.1, 0.15) is 22.3 Å². The third-order valence-electron chi connectivity index (χ3n) is 5.76. The van der Waals surface area contributed by atoms with Gasteiger partial charge in [-0.3, -0.25) is 9.59 Å². The summed E-state index contributed by atoms with van der Waals surface area (Å²) in [6, 6.07) is 19.7. The van der Waals surface area contributed by atoms with Gasteiger partial charge in [0.2, 0.25) is 5.91 Å². The third-order valence-corrected chi connectivity index (χ3v) is 6.50. The minimum atomic E-state index is -0.739. The van der Waals surface area contributed by atoms with Crippen LogP contribution in [0, 0.1) is 13.8 Å². The summed E-state index contributed by atoms with van der Waals surface area (Å²) in [4.78, 5) is 28.0. The number of benzene rings is 3. The Bertz CT molecular complexity index is 1150. The van der Waals surface area contributed by atoms with E-state index in [0.29, 0.717) is 22.2 Å². The quantitative estimate of drug-likeness (QED) is 0.431. The Morgan fingerprint density at radius 1 is 0.941 bits per heavy atom. The van der Waals surface area contributed by atoms with Gasteiger partial charge in [0.25, 0.3) is 5.91 Å². The largest absolute Gasteiger partial charge is 0.483 e. The molecule has 3 aromatic rings. The number of rotatable bonds is 9. The smallest absolute Gasteiger partial charge is 0.261 e. The molecule has 0 radical (unpaired) electrons. The highest BCUT2D eigenvalue weighted by Gasteiger charge is 2.30. The number of likely N-dealkylation sites (N-methyl/N-ethyl adjacent to an activating group) is 1. The molecule has 0 aliphatic carbocycles. The van der Waals surface area contributed by atoms with Gasteiger partial charge in [-0.2, -0.15) is 0 Å². The highest BCUT2D eigenvalue weighted by atomic mass is 35.5. The van der Waals surface area contributed by atoms with E-state index in [-0.39, 0.29) is 25.0 Å². The average Bonchev–Trinajstić information content (AvgIpc) is 2.84. The molecule has 0 unspecified atom stereocenters. The lowest BCUT2D eigenvalue weighted by Crippen LogP contribution is -2.51. The SMILES string of the molecule is CNC(=O)[C@@H](Cc1ccccc1)N(Cc1ccc(Cl)c(Cl)c1)C(=O)COc1cccc(C)c1C. The third kappa shape index (κ3) is 6.52. The maximum atomic E-state index is 13.5. The molecule has 178 valence electrons. The fourth-order valence-electron chi connectivity index (χ4n) is 3.66. The van der Waals surface area contributed by atoms with Gasteiger partial charge in [0.15, 0.2) is 6.61 Å². The second-order valence-corrected chi connectivity index (χ2v) is 8.89. The van der Waals surface area contributed by atoms with E-state index < -0.39 is 6.04 Å². The van der Waals surface area contributed by atoms with Gasteiger partial charge in [-0.15, -0.1) is 0 Å². The van der Waals surface area contributed by atoms with Crippen LogP contribution in [0.3, 0.4) is 0 Å². The molecule has 0 aliphatic heterocycles. The van der Waals surface area contributed by atoms with Crippen molar-refractivity contribution in [1.82, 2.24) is 10.2 Å². The first-order valence-electron chi connectivity index (χ1n) is 11.0. The molecule has 1 N–H and O–H groups in total. The van der Waals surface area contributed by atoms with E-state index in [1.807, 2.05) is 62.4 Å². The maximum absolute atomic E-state index is 13.5. The van der Waals surface area contributed by atoms with Crippen LogP contribution in [-0.2, 0) is 22.6 Å². The van der Waals surface area contributed by atoms with Gasteiger partial charge in [-0.05, 0) is 54.3 Å². The summed E-state index contributed by atoms with van der Waals surface area (Å²) in [5, 5.41) is 3.51. The first kappa shape index (κ1) is 25.6. The first-order chi connectivity index (χ1) is 16.3. The summed E-state index contributed by atoms with van der Waals surface area (Å²) in [5.41, 5.74) is 3.75. The Morgan fingerprint density at radius 3 is 2.35 bits per heavy atom. The molecule has 5 nitrogen and oxygen atoms in total. The van der Waals surface area contributed by atoms with E-state index in [9.17, 15) is 9.59 Å². The fraction of sp³-hybridized carbons (Fsp3) is 0.259. The Kier molecular flexibility index (Phi) is 8.97. The number of aryl methyl sites for hydroxylation is 1. The molecule has 0 fully saturated rings. The number of nitrogens with zero attached hydrogens (tertiary/aromatic N) is 1. The van der Waals surface area contributed by atoms with Gasteiger partial charge < -0.3 is 15.0 Å². The lowest BCUT2D eigenvalue weighted by Gasteiger charge is -2.31. The zero-order valence-corrected chi connectivity index (χ0v) is 21.0. The minimum absolute atomic E-state index is 0.177. The van der Waals surface area contributed by atoms with Gasteiger partial charge in [0.05, 0.1) is 10.0 Å². The fourth-order valence-corrected chi connectivity index (χ4v) is 3.98. The molecule has 0 aromatic heterocycles. The van der Waals surface area contributed by atoms with Crippen molar-refractivity contribution in [2.45, 2.75) is 32.9 Å². The first-order valence-corrected chi connectivity index (χ1v) is 11.7. The predicted molar refractivity (Wildman–Crippen MR) is 136 cm³/mol. The van der Waals surface area contributed by atoms with Crippen LogP contribution in [0.15, 0.2) is 66.7 Å². The van der Waals surface area contributed by atoms with Crippen molar-refractivity contribution in [2.24, 2.45) is 0 Å². The lowest BCUT2D eigenvalue weighted by molar-refractivity contribution is -0.142. The topological polar surface area (TPSA) is 58.6 Å². The molecule has 0 saturated carbocycles. The Balaban J connectivity index is 1.91. The molecule has 0 aliphatic rings. The minimum Gasteiger partial charge on any atom is -0.483 e. The van der Waals surface area contributed by atoms with Crippen LogP contribution in [0.4, 0.5) is 0 Å². The standard InChI is InChI=1S/C27H28Cl2N2O3/c1-18-8-7-11-25(19(18)2)34-17-26(32)31(16-21-12-13-22(28)23(29)14-21)24(27(33)30-3)15-20-9-5-4-6-10-20/h4-14,24H,15-17H2,1-3H3,(H,30,33)/t24-/m1/s1. The van der Waals surface area contributed by atoms with E-state index in [0.717, 1.165) is 22.3 Å². The van der Waals surface area contributed by atoms with Crippen molar-refractivity contribution in [2.75, 3.05) is 13.7 Å². The highest BCUT2D eigenvalue weighted by molar-refractivity contribution is 6.42. The monoisotopic (exact) mass is 498 g/mol. The molecule has 7 heteroatoms. The van der Waals surface area contributed by atoms with E-state index in [1.54, 1.807) is 25.2 Å². The van der Waals surface area contributed by atoms with Crippen LogP contribution in [0.25, 0.3) is 0 Å². The predicted octanol–water partition coefficient (Wildman–Crippen LogP) is 5.38. The van der Waals surface area contributed by atoms with Gasteiger partial charge in [0, 0.05) is 20.0 Å². The van der Waals surface area contributed by atoms with Crippen molar-refractivity contribution < 1.29 is 14.3 Å². The maximum Gasteiger partial charge on any atom is 0.261 e. The number of ether oxygens (including phenoxy) is 1. The Morgan fingerprint density at radius 2 is 1.68 bits per heavy atom. The van der Waals surface area contributed by atoms with E-state index in [4.69, 9.17) is 27.9 Å². The molecule has 2 amide bonds. The van der Waals surface area contributed by atoms with Crippen LogP contribution < -0.4 is 10.1 Å². The van der Waals surface area contributed by atoms with Gasteiger partial charge >= 0.3 is 0 Å². The van der Waals surface area contributed by atoms with Gasteiger partial charge in [0.1, 0.15) is 11.8 Å². The second kappa shape index (κ2) is 11.9. The van der Waals surface area contributed by atoms with Crippen molar-refractivity contribution in [3.63, 3.8) is 0 Å². The number of halogens is 2. The Labute approximate surface area is 210 Å². The molecule has 0 heterocycles. The summed E-state index contributed by atoms with van der Waals surface area (Å²) < 4.78 is 5.88. The normalized spacial score (nSPS) is 11.6. The molecule has 3 rings (SSSR count). The van der Waals surface area contributed by atoms with Crippen molar-refractivity contribution in [1.29, 1.82) is 0 Å². The molecular formula is C27H28Cl2N2O3. The number of amides is 2. The van der Waals surface area contributed by atoms with Crippen molar-refractivity contribution >= 4 is 35.0 Å². The second-order valence-electron chi connectivity index (χ2n) is 8.08. The summed E-state index contributed by atoms with van der Waals surface area (Å²) in [5.74, 6) is 0.0721. The molecule has 34 heavy (non-hydrogen) atoms. The summed E-state index contributed by atoms with van der Waals surface area (Å²) in [6.45, 7) is 3.91. The molecule has 1 atom stereocenters. The number of carbonyl (C=O) groups excluding carboxylic acids is 2. The summed E-state index contributed by atoms with van der Waals surface area (Å²) >= 11 is 12.3. The molecule has 0 saturated heterocycles.